The summed E-state index contributed by atoms with van der Waals surface area (Å²) in [6, 6.07) is 4.70. The van der Waals surface area contributed by atoms with Gasteiger partial charge in [0.2, 0.25) is 6.79 Å². The van der Waals surface area contributed by atoms with Crippen molar-refractivity contribution in [3.8, 4) is 11.5 Å². The van der Waals surface area contributed by atoms with Crippen LogP contribution in [0.2, 0.25) is 0 Å². The van der Waals surface area contributed by atoms with E-state index in [-0.39, 0.29) is 17.5 Å². The summed E-state index contributed by atoms with van der Waals surface area (Å²) in [5.41, 5.74) is 2.71. The molecule has 1 aromatic rings. The number of nitrogens with zero attached hydrogens (tertiary/aromatic N) is 1. The van der Waals surface area contributed by atoms with Crippen LogP contribution in [0.25, 0.3) is 0 Å². The number of ether oxygens (including phenoxy) is 3. The number of fused-ring (bicyclic) bond motifs is 2. The number of hydrogen-bond donors (Lipinski definition) is 0. The number of hydrogen-bond acceptors (Lipinski definition) is 5. The molecule has 0 spiro atoms. The van der Waals surface area contributed by atoms with Crippen LogP contribution in [0.3, 0.4) is 0 Å². The van der Waals surface area contributed by atoms with Gasteiger partial charge in [0.1, 0.15) is 6.10 Å². The summed E-state index contributed by atoms with van der Waals surface area (Å²) in [4.78, 5) is 13.8. The predicted molar refractivity (Wildman–Crippen MR) is 82.4 cm³/mol. The first-order valence-electron chi connectivity index (χ1n) is 8.19. The molecule has 5 nitrogen and oxygen atoms in total. The maximum Gasteiger partial charge on any atom is 0.303 e. The van der Waals surface area contributed by atoms with Crippen molar-refractivity contribution in [2.24, 2.45) is 0 Å². The molecule has 0 saturated carbocycles. The van der Waals surface area contributed by atoms with E-state index in [2.05, 4.69) is 29.2 Å². The smallest absolute Gasteiger partial charge is 0.303 e. The maximum absolute atomic E-state index is 11.3. The Morgan fingerprint density at radius 1 is 1.35 bits per heavy atom. The summed E-state index contributed by atoms with van der Waals surface area (Å²) in [7, 11) is 0. The minimum Gasteiger partial charge on any atom is -0.458 e. The Hall–Kier alpha value is -2.01. The van der Waals surface area contributed by atoms with Crippen LogP contribution in [0, 0.1) is 0 Å². The predicted octanol–water partition coefficient (Wildman–Crippen LogP) is 2.13. The van der Waals surface area contributed by atoms with E-state index < -0.39 is 0 Å². The first kappa shape index (κ1) is 13.4. The van der Waals surface area contributed by atoms with Gasteiger partial charge in [-0.25, -0.2) is 0 Å². The Bertz CT molecular complexity index is 728. The molecule has 1 saturated heterocycles. The van der Waals surface area contributed by atoms with Crippen LogP contribution in [0.1, 0.15) is 30.9 Å². The third-order valence-electron chi connectivity index (χ3n) is 5.70. The topological polar surface area (TPSA) is 48.0 Å². The number of rotatable bonds is 1. The van der Waals surface area contributed by atoms with Crippen molar-refractivity contribution in [1.82, 2.24) is 4.90 Å². The fraction of sp³-hybridized carbons (Fsp3) is 0.500. The second-order valence-corrected chi connectivity index (χ2v) is 6.88. The van der Waals surface area contributed by atoms with Crippen LogP contribution in [-0.4, -0.2) is 36.4 Å². The molecule has 0 aromatic heterocycles. The van der Waals surface area contributed by atoms with Gasteiger partial charge in [0.15, 0.2) is 11.5 Å². The van der Waals surface area contributed by atoms with Gasteiger partial charge < -0.3 is 14.2 Å². The second-order valence-electron chi connectivity index (χ2n) is 6.88. The molecule has 0 N–H and O–H groups in total. The van der Waals surface area contributed by atoms with Gasteiger partial charge in [0.25, 0.3) is 0 Å². The highest BCUT2D eigenvalue weighted by atomic mass is 16.7. The SMILES string of the molecule is CC(=O)OC1C=CC23CCN(Cc4cc5c(cc42)OCO5)C3C1. The third-order valence-corrected chi connectivity index (χ3v) is 5.70. The monoisotopic (exact) mass is 313 g/mol. The van der Waals surface area contributed by atoms with Crippen molar-refractivity contribution in [3.05, 3.63) is 35.4 Å². The fourth-order valence-corrected chi connectivity index (χ4v) is 4.77. The van der Waals surface area contributed by atoms with Crippen LogP contribution < -0.4 is 9.47 Å². The molecule has 4 unspecified atom stereocenters. The molecule has 2 bridgehead atoms. The van der Waals surface area contributed by atoms with Crippen LogP contribution >= 0.6 is 0 Å². The van der Waals surface area contributed by atoms with Gasteiger partial charge in [0, 0.05) is 37.9 Å². The molecule has 1 aromatic carbocycles. The van der Waals surface area contributed by atoms with E-state index in [4.69, 9.17) is 14.2 Å². The van der Waals surface area contributed by atoms with Gasteiger partial charge in [-0.1, -0.05) is 6.08 Å². The van der Waals surface area contributed by atoms with Gasteiger partial charge >= 0.3 is 5.97 Å². The molecule has 4 atom stereocenters. The van der Waals surface area contributed by atoms with Crippen LogP contribution in [-0.2, 0) is 21.5 Å². The fourth-order valence-electron chi connectivity index (χ4n) is 4.77. The van der Waals surface area contributed by atoms with Gasteiger partial charge in [-0.2, -0.15) is 0 Å². The lowest BCUT2D eigenvalue weighted by Gasteiger charge is -2.45. The lowest BCUT2D eigenvalue weighted by Crippen LogP contribution is -2.49. The molecule has 1 aliphatic carbocycles. The minimum absolute atomic E-state index is 0.0191. The number of benzene rings is 1. The van der Waals surface area contributed by atoms with Crippen LogP contribution in [0.5, 0.6) is 11.5 Å². The van der Waals surface area contributed by atoms with Crippen molar-refractivity contribution >= 4 is 5.97 Å². The summed E-state index contributed by atoms with van der Waals surface area (Å²) in [6.07, 6.45) is 6.20. The van der Waals surface area contributed by atoms with Gasteiger partial charge in [0.05, 0.1) is 0 Å². The van der Waals surface area contributed by atoms with Crippen molar-refractivity contribution in [2.45, 2.75) is 43.9 Å². The molecule has 23 heavy (non-hydrogen) atoms. The van der Waals surface area contributed by atoms with Crippen molar-refractivity contribution in [3.63, 3.8) is 0 Å². The Balaban J connectivity index is 1.60. The summed E-state index contributed by atoms with van der Waals surface area (Å²) in [5, 5.41) is 0. The van der Waals surface area contributed by atoms with Gasteiger partial charge in [-0.15, -0.1) is 0 Å². The zero-order valence-corrected chi connectivity index (χ0v) is 13.1. The van der Waals surface area contributed by atoms with E-state index in [1.165, 1.54) is 18.1 Å². The third kappa shape index (κ3) is 1.80. The highest BCUT2D eigenvalue weighted by molar-refractivity contribution is 5.66. The van der Waals surface area contributed by atoms with E-state index in [0.717, 1.165) is 37.4 Å². The zero-order chi connectivity index (χ0) is 15.6. The first-order chi connectivity index (χ1) is 11.2. The Morgan fingerprint density at radius 2 is 2.17 bits per heavy atom. The van der Waals surface area contributed by atoms with Gasteiger partial charge in [-0.3, -0.25) is 9.69 Å². The molecule has 3 aliphatic heterocycles. The summed E-state index contributed by atoms with van der Waals surface area (Å²) in [5.74, 6) is 1.50. The maximum atomic E-state index is 11.3. The lowest BCUT2D eigenvalue weighted by atomic mass is 9.66. The normalized spacial score (nSPS) is 35.6. The van der Waals surface area contributed by atoms with E-state index in [1.807, 2.05) is 0 Å². The quantitative estimate of drug-likeness (QED) is 0.587. The highest BCUT2D eigenvalue weighted by Crippen LogP contribution is 2.53. The number of esters is 1. The average Bonchev–Trinajstić information content (AvgIpc) is 3.07. The summed E-state index contributed by atoms with van der Waals surface area (Å²) in [6.45, 7) is 3.79. The van der Waals surface area contributed by atoms with Crippen LogP contribution in [0.4, 0.5) is 0 Å². The van der Waals surface area contributed by atoms with E-state index in [0.29, 0.717) is 12.8 Å². The second kappa shape index (κ2) is 4.51. The molecule has 1 fully saturated rings. The van der Waals surface area contributed by atoms with Crippen molar-refractivity contribution in [1.29, 1.82) is 0 Å². The highest BCUT2D eigenvalue weighted by Gasteiger charge is 2.53. The minimum atomic E-state index is -0.211. The molecule has 3 heterocycles. The number of carbonyl (C=O) groups is 1. The zero-order valence-electron chi connectivity index (χ0n) is 13.1. The Kier molecular flexibility index (Phi) is 2.63. The van der Waals surface area contributed by atoms with Gasteiger partial charge in [-0.05, 0) is 35.8 Å². The lowest BCUT2D eigenvalue weighted by molar-refractivity contribution is -0.145. The average molecular weight is 313 g/mol. The van der Waals surface area contributed by atoms with E-state index >= 15 is 0 Å². The Labute approximate surface area is 134 Å². The molecule has 120 valence electrons. The van der Waals surface area contributed by atoms with E-state index in [1.54, 1.807) is 0 Å². The Morgan fingerprint density at radius 3 is 3.00 bits per heavy atom. The number of carbonyl (C=O) groups excluding carboxylic acids is 1. The molecular formula is C18H19NO4. The summed E-state index contributed by atoms with van der Waals surface area (Å²) >= 11 is 0. The molecule has 4 aliphatic rings. The van der Waals surface area contributed by atoms with Crippen LogP contribution in [0.15, 0.2) is 24.3 Å². The van der Waals surface area contributed by atoms with E-state index in [9.17, 15) is 4.79 Å². The molecule has 5 heteroatoms. The molecular weight excluding hydrogens is 294 g/mol. The largest absolute Gasteiger partial charge is 0.458 e. The summed E-state index contributed by atoms with van der Waals surface area (Å²) < 4.78 is 16.6. The first-order valence-corrected chi connectivity index (χ1v) is 8.19. The standard InChI is InChI=1S/C18H19NO4/c1-11(20)23-13-2-3-18-4-5-19(17(18)7-13)9-12-6-15-16(8-14(12)18)22-10-21-15/h2-3,6,8,13,17H,4-5,7,9-10H2,1H3. The molecule has 0 amide bonds. The van der Waals surface area contributed by atoms with Crippen molar-refractivity contribution < 1.29 is 19.0 Å². The molecule has 5 rings (SSSR count). The molecule has 0 radical (unpaired) electrons. The van der Waals surface area contributed by atoms with Crippen molar-refractivity contribution in [2.75, 3.05) is 13.3 Å².